The van der Waals surface area contributed by atoms with Gasteiger partial charge in [0.25, 0.3) is 5.91 Å². The van der Waals surface area contributed by atoms with Crippen LogP contribution in [0.3, 0.4) is 0 Å². The van der Waals surface area contributed by atoms with Crippen molar-refractivity contribution in [2.45, 2.75) is 89.4 Å². The monoisotopic (exact) mass is 532 g/mol. The summed E-state index contributed by atoms with van der Waals surface area (Å²) in [6.45, 7) is 3.53. The normalized spacial score (nSPS) is 43.2. The van der Waals surface area contributed by atoms with Gasteiger partial charge in [0.1, 0.15) is 18.2 Å². The zero-order valence-electron chi connectivity index (χ0n) is 22.3. The lowest BCUT2D eigenvalue weighted by molar-refractivity contribution is -0.181. The number of aliphatic carboxylic acids is 1. The largest absolute Gasteiger partial charge is 0.480 e. The van der Waals surface area contributed by atoms with Crippen LogP contribution in [0.5, 0.6) is 0 Å². The quantitative estimate of drug-likeness (QED) is 0.376. The number of nitrogens with zero attached hydrogens (tertiary/aromatic N) is 2. The van der Waals surface area contributed by atoms with Gasteiger partial charge in [-0.05, 0) is 87.0 Å². The van der Waals surface area contributed by atoms with Crippen molar-refractivity contribution in [3.63, 3.8) is 0 Å². The fourth-order valence-corrected chi connectivity index (χ4v) is 8.94. The van der Waals surface area contributed by atoms with E-state index in [1.807, 2.05) is 13.0 Å². The molecule has 5 aliphatic rings. The van der Waals surface area contributed by atoms with E-state index < -0.39 is 41.5 Å². The number of carboxylic acid groups (broad SMARTS) is 1. The first kappa shape index (κ1) is 27.3. The molecule has 10 nitrogen and oxygen atoms in total. The predicted octanol–water partition coefficient (Wildman–Crippen LogP) is 1.66. The van der Waals surface area contributed by atoms with Gasteiger partial charge in [-0.25, -0.2) is 4.79 Å². The lowest BCUT2D eigenvalue weighted by Crippen LogP contribution is -2.62. The van der Waals surface area contributed by atoms with Gasteiger partial charge in [0, 0.05) is 12.0 Å². The molecule has 210 valence electrons. The van der Waals surface area contributed by atoms with Crippen LogP contribution >= 0.6 is 0 Å². The molecule has 38 heavy (non-hydrogen) atoms. The second kappa shape index (κ2) is 9.71. The van der Waals surface area contributed by atoms with Gasteiger partial charge in [-0.15, -0.1) is 0 Å². The number of aliphatic hydroxyl groups excluding tert-OH is 2. The molecule has 0 unspecified atom stereocenters. The van der Waals surface area contributed by atoms with Crippen LogP contribution in [0, 0.1) is 28.6 Å². The fourth-order valence-electron chi connectivity index (χ4n) is 8.94. The van der Waals surface area contributed by atoms with Crippen LogP contribution in [0.1, 0.15) is 71.6 Å². The van der Waals surface area contributed by atoms with Crippen molar-refractivity contribution in [3.05, 3.63) is 11.6 Å². The number of ketones is 1. The van der Waals surface area contributed by atoms with Crippen molar-refractivity contribution in [2.75, 3.05) is 19.8 Å². The zero-order chi connectivity index (χ0) is 27.5. The fraction of sp³-hybridized carbons (Fsp3) is 0.786. The number of likely N-dealkylation sites (tertiary alicyclic amines) is 1. The first-order valence-corrected chi connectivity index (χ1v) is 13.9. The lowest BCUT2D eigenvalue weighted by Gasteiger charge is -2.60. The number of hydrogen-bond donors (Lipinski definition) is 4. The molecule has 10 heteroatoms. The molecule has 8 atom stereocenters. The Bertz CT molecular complexity index is 1070. The van der Waals surface area contributed by atoms with Crippen molar-refractivity contribution in [3.8, 4) is 0 Å². The average Bonchev–Trinajstić information content (AvgIpc) is 3.47. The smallest absolute Gasteiger partial charge is 0.326 e. The Balaban J connectivity index is 1.29. The van der Waals surface area contributed by atoms with E-state index in [1.54, 1.807) is 0 Å². The molecule has 5 rings (SSSR count). The second-order valence-electron chi connectivity index (χ2n) is 12.5. The van der Waals surface area contributed by atoms with Crippen LogP contribution in [0.2, 0.25) is 0 Å². The highest BCUT2D eigenvalue weighted by Crippen LogP contribution is 2.67. The van der Waals surface area contributed by atoms with E-state index in [-0.39, 0.29) is 35.7 Å². The SMILES string of the molecule is C[C@]12CC/C(=N/OCC(=O)N3CCC[C@@H]3C(=O)O)C=C1CC[C@@H]1[C@@H]2[C@H](O)C[C@@]2(C)[C@@H]1CC[C@]2(O)C(=O)CO. The molecule has 3 saturated carbocycles. The molecule has 1 saturated heterocycles. The summed E-state index contributed by atoms with van der Waals surface area (Å²) in [5.41, 5.74) is -0.673. The van der Waals surface area contributed by atoms with Gasteiger partial charge in [0.05, 0.1) is 11.8 Å². The van der Waals surface area contributed by atoms with Crippen LogP contribution in [0.25, 0.3) is 0 Å². The number of oxime groups is 1. The molecule has 1 heterocycles. The van der Waals surface area contributed by atoms with Gasteiger partial charge in [-0.2, -0.15) is 0 Å². The predicted molar refractivity (Wildman–Crippen MR) is 136 cm³/mol. The van der Waals surface area contributed by atoms with Crippen molar-refractivity contribution in [1.29, 1.82) is 0 Å². The van der Waals surface area contributed by atoms with Crippen molar-refractivity contribution < 1.29 is 39.6 Å². The Hall–Kier alpha value is -2.30. The number of allylic oxidation sites excluding steroid dienone is 2. The topological polar surface area (TPSA) is 157 Å². The summed E-state index contributed by atoms with van der Waals surface area (Å²) in [5.74, 6) is -1.66. The van der Waals surface area contributed by atoms with Crippen LogP contribution in [0.4, 0.5) is 0 Å². The molecular formula is C28H40N2O8. The van der Waals surface area contributed by atoms with Gasteiger partial charge >= 0.3 is 5.97 Å². The van der Waals surface area contributed by atoms with Crippen molar-refractivity contribution in [1.82, 2.24) is 4.90 Å². The number of carbonyl (C=O) groups is 3. The number of carbonyl (C=O) groups excluding carboxylic acids is 2. The van der Waals surface area contributed by atoms with E-state index in [1.165, 1.54) is 10.5 Å². The lowest BCUT2D eigenvalue weighted by atomic mass is 9.45. The molecule has 0 bridgehead atoms. The molecule has 4 fully saturated rings. The molecule has 1 aliphatic heterocycles. The number of carboxylic acids is 1. The summed E-state index contributed by atoms with van der Waals surface area (Å²) >= 11 is 0. The molecule has 0 aromatic heterocycles. The highest BCUT2D eigenvalue weighted by molar-refractivity contribution is 5.96. The highest BCUT2D eigenvalue weighted by Gasteiger charge is 2.68. The summed E-state index contributed by atoms with van der Waals surface area (Å²) in [6, 6.07) is -0.798. The minimum atomic E-state index is -1.60. The van der Waals surface area contributed by atoms with Gasteiger partial charge < -0.3 is 30.2 Å². The molecule has 4 aliphatic carbocycles. The maximum Gasteiger partial charge on any atom is 0.326 e. The van der Waals surface area contributed by atoms with Crippen LogP contribution in [-0.2, 0) is 19.2 Å². The Morgan fingerprint density at radius 2 is 1.92 bits per heavy atom. The summed E-state index contributed by atoms with van der Waals surface area (Å²) in [7, 11) is 0. The zero-order valence-corrected chi connectivity index (χ0v) is 22.3. The molecule has 0 aromatic rings. The third kappa shape index (κ3) is 4.02. The first-order chi connectivity index (χ1) is 18.0. The van der Waals surface area contributed by atoms with E-state index in [2.05, 4.69) is 12.1 Å². The number of hydrogen-bond acceptors (Lipinski definition) is 8. The molecule has 1 amide bonds. The third-order valence-corrected chi connectivity index (χ3v) is 10.9. The Morgan fingerprint density at radius 1 is 1.16 bits per heavy atom. The van der Waals surface area contributed by atoms with E-state index in [0.29, 0.717) is 45.1 Å². The van der Waals surface area contributed by atoms with E-state index in [4.69, 9.17) is 4.84 Å². The first-order valence-electron chi connectivity index (χ1n) is 13.9. The van der Waals surface area contributed by atoms with Crippen LogP contribution in [0.15, 0.2) is 16.8 Å². The van der Waals surface area contributed by atoms with Gasteiger partial charge in [-0.3, -0.25) is 9.59 Å². The van der Waals surface area contributed by atoms with Crippen molar-refractivity contribution >= 4 is 23.4 Å². The van der Waals surface area contributed by atoms with Crippen LogP contribution in [-0.4, -0.2) is 86.2 Å². The molecule has 0 radical (unpaired) electrons. The molecule has 4 N–H and O–H groups in total. The summed E-state index contributed by atoms with van der Waals surface area (Å²) in [6.07, 6.45) is 6.85. The Kier molecular flexibility index (Phi) is 6.97. The Labute approximate surface area is 222 Å². The number of rotatable bonds is 6. The molecule has 0 aromatic carbocycles. The van der Waals surface area contributed by atoms with Crippen molar-refractivity contribution in [2.24, 2.45) is 33.7 Å². The third-order valence-electron chi connectivity index (χ3n) is 10.9. The molecular weight excluding hydrogens is 492 g/mol. The average molecular weight is 533 g/mol. The van der Waals surface area contributed by atoms with Gasteiger partial charge in [-0.1, -0.05) is 24.6 Å². The highest BCUT2D eigenvalue weighted by atomic mass is 16.6. The number of amides is 1. The van der Waals surface area contributed by atoms with Gasteiger partial charge in [0.15, 0.2) is 12.4 Å². The summed E-state index contributed by atoms with van der Waals surface area (Å²) in [5, 5.41) is 45.9. The van der Waals surface area contributed by atoms with E-state index in [0.717, 1.165) is 25.0 Å². The number of fused-ring (bicyclic) bond motifs is 5. The van der Waals surface area contributed by atoms with Gasteiger partial charge in [0.2, 0.25) is 0 Å². The minimum Gasteiger partial charge on any atom is -0.480 e. The molecule has 0 spiro atoms. The van der Waals surface area contributed by atoms with E-state index in [9.17, 15) is 34.8 Å². The second-order valence-corrected chi connectivity index (χ2v) is 12.5. The minimum absolute atomic E-state index is 0.000631. The Morgan fingerprint density at radius 3 is 2.63 bits per heavy atom. The van der Waals surface area contributed by atoms with Crippen LogP contribution < -0.4 is 0 Å². The number of aliphatic hydroxyl groups is 3. The summed E-state index contributed by atoms with van der Waals surface area (Å²) in [4.78, 5) is 43.1. The van der Waals surface area contributed by atoms with E-state index >= 15 is 0 Å². The number of Topliss-reactive ketones (excluding diaryl/α,β-unsaturated/α-hetero) is 1. The maximum absolute atomic E-state index is 12.6. The summed E-state index contributed by atoms with van der Waals surface area (Å²) < 4.78 is 0. The standard InChI is InChI=1S/C28H40N2O8/c1-26-9-7-17(29-38-15-23(34)30-11-3-4-20(30)25(35)36)12-16(26)5-6-18-19-8-10-28(37,22(33)14-31)27(19,2)13-21(32)24(18)26/h12,18-21,24,31-32,37H,3-11,13-15H2,1-2H3,(H,35,36)/b29-17-/t18-,19+,20+,21+,24+,26-,27-,28-/m0/s1. The maximum atomic E-state index is 12.6.